The predicted molar refractivity (Wildman–Crippen MR) is 39.0 cm³/mol. The number of carbonyl (C=O) groups is 1. The zero-order valence-electron chi connectivity index (χ0n) is 6.41. The topological polar surface area (TPSA) is 66.8 Å². The fraction of sp³-hybridized carbons (Fsp3) is 0.571. The van der Waals surface area contributed by atoms with Gasteiger partial charge in [0.05, 0.1) is 18.9 Å². The highest BCUT2D eigenvalue weighted by atomic mass is 16.5. The maximum atomic E-state index is 10.7. The standard InChI is InChI=1S/C7H12O4/c1-11-7(10)6(5-9)3-2-4-8/h5,8-9H,2-4H2,1H3. The molecular weight excluding hydrogens is 148 g/mol. The molecule has 0 bridgehead atoms. The number of rotatable bonds is 4. The predicted octanol–water partition coefficient (Wildman–Crippen LogP) is 0.374. The molecule has 0 amide bonds. The Morgan fingerprint density at radius 1 is 1.64 bits per heavy atom. The van der Waals surface area contributed by atoms with E-state index in [0.29, 0.717) is 19.1 Å². The summed E-state index contributed by atoms with van der Waals surface area (Å²) in [4.78, 5) is 10.7. The second-order valence-electron chi connectivity index (χ2n) is 1.97. The molecule has 64 valence electrons. The first kappa shape index (κ1) is 9.97. The number of aliphatic hydroxyl groups excluding tert-OH is 2. The first-order valence-electron chi connectivity index (χ1n) is 3.28. The SMILES string of the molecule is COC(=O)C(=CO)CCCO. The molecule has 0 fully saturated rings. The molecule has 2 N–H and O–H groups in total. The van der Waals surface area contributed by atoms with Crippen LogP contribution in [0.2, 0.25) is 0 Å². The van der Waals surface area contributed by atoms with E-state index in [0.717, 1.165) is 0 Å². The lowest BCUT2D eigenvalue weighted by atomic mass is 10.2. The Labute approximate surface area is 65.1 Å². The molecule has 0 aromatic rings. The molecule has 0 aromatic heterocycles. The average molecular weight is 160 g/mol. The zero-order chi connectivity index (χ0) is 8.69. The van der Waals surface area contributed by atoms with Gasteiger partial charge in [-0.25, -0.2) is 4.79 Å². The largest absolute Gasteiger partial charge is 0.515 e. The number of esters is 1. The van der Waals surface area contributed by atoms with Crippen LogP contribution >= 0.6 is 0 Å². The summed E-state index contributed by atoms with van der Waals surface area (Å²) in [6.07, 6.45) is 1.49. The second-order valence-corrected chi connectivity index (χ2v) is 1.97. The lowest BCUT2D eigenvalue weighted by Crippen LogP contribution is -2.05. The number of hydrogen-bond acceptors (Lipinski definition) is 4. The molecule has 0 aliphatic carbocycles. The van der Waals surface area contributed by atoms with E-state index in [1.54, 1.807) is 0 Å². The van der Waals surface area contributed by atoms with Crippen LogP contribution in [0.5, 0.6) is 0 Å². The van der Waals surface area contributed by atoms with Crippen LogP contribution in [0, 0.1) is 0 Å². The van der Waals surface area contributed by atoms with Crippen molar-refractivity contribution >= 4 is 5.97 Å². The minimum absolute atomic E-state index is 0.00562. The van der Waals surface area contributed by atoms with Crippen molar-refractivity contribution < 1.29 is 19.7 Å². The Balaban J connectivity index is 3.87. The van der Waals surface area contributed by atoms with E-state index in [1.165, 1.54) is 7.11 Å². The Hall–Kier alpha value is -1.03. The summed E-state index contributed by atoms with van der Waals surface area (Å²) < 4.78 is 4.35. The van der Waals surface area contributed by atoms with Crippen molar-refractivity contribution in [3.8, 4) is 0 Å². The molecule has 0 aromatic carbocycles. The van der Waals surface area contributed by atoms with Crippen LogP contribution in [0.15, 0.2) is 11.8 Å². The Morgan fingerprint density at radius 3 is 2.64 bits per heavy atom. The van der Waals surface area contributed by atoms with Crippen LogP contribution in [-0.2, 0) is 9.53 Å². The highest BCUT2D eigenvalue weighted by Crippen LogP contribution is 2.04. The molecule has 0 saturated carbocycles. The molecule has 0 heterocycles. The molecule has 11 heavy (non-hydrogen) atoms. The van der Waals surface area contributed by atoms with Gasteiger partial charge >= 0.3 is 5.97 Å². The summed E-state index contributed by atoms with van der Waals surface area (Å²) in [7, 11) is 1.24. The molecule has 0 aliphatic rings. The molecule has 4 heteroatoms. The van der Waals surface area contributed by atoms with Gasteiger partial charge < -0.3 is 14.9 Å². The van der Waals surface area contributed by atoms with Gasteiger partial charge in [0, 0.05) is 6.61 Å². The summed E-state index contributed by atoms with van der Waals surface area (Å²) in [5.41, 5.74) is 0.182. The number of carbonyl (C=O) groups excluding carboxylic acids is 1. The lowest BCUT2D eigenvalue weighted by molar-refractivity contribution is -0.136. The first-order chi connectivity index (χ1) is 5.26. The first-order valence-corrected chi connectivity index (χ1v) is 3.28. The van der Waals surface area contributed by atoms with Crippen LogP contribution in [0.4, 0.5) is 0 Å². The summed E-state index contributed by atoms with van der Waals surface area (Å²) >= 11 is 0. The number of hydrogen-bond donors (Lipinski definition) is 2. The van der Waals surface area contributed by atoms with Crippen molar-refractivity contribution in [2.24, 2.45) is 0 Å². The van der Waals surface area contributed by atoms with Crippen molar-refractivity contribution in [3.63, 3.8) is 0 Å². The molecule has 0 spiro atoms. The van der Waals surface area contributed by atoms with Gasteiger partial charge in [-0.05, 0) is 12.8 Å². The lowest BCUT2D eigenvalue weighted by Gasteiger charge is -2.00. The average Bonchev–Trinajstić information content (AvgIpc) is 2.05. The van der Waals surface area contributed by atoms with Gasteiger partial charge in [0.25, 0.3) is 0 Å². The molecule has 0 radical (unpaired) electrons. The third kappa shape index (κ3) is 3.62. The van der Waals surface area contributed by atoms with Gasteiger partial charge in [0.2, 0.25) is 0 Å². The van der Waals surface area contributed by atoms with Gasteiger partial charge in [-0.3, -0.25) is 0 Å². The Morgan fingerprint density at radius 2 is 2.27 bits per heavy atom. The maximum Gasteiger partial charge on any atom is 0.336 e. The summed E-state index contributed by atoms with van der Waals surface area (Å²) in [5, 5.41) is 16.9. The van der Waals surface area contributed by atoms with Gasteiger partial charge in [0.1, 0.15) is 0 Å². The van der Waals surface area contributed by atoms with E-state index in [9.17, 15) is 4.79 Å². The van der Waals surface area contributed by atoms with Crippen LogP contribution in [-0.4, -0.2) is 29.9 Å². The summed E-state index contributed by atoms with van der Waals surface area (Å²) in [6, 6.07) is 0. The fourth-order valence-corrected chi connectivity index (χ4v) is 0.620. The number of ether oxygens (including phenoxy) is 1. The van der Waals surface area contributed by atoms with Crippen molar-refractivity contribution in [1.29, 1.82) is 0 Å². The van der Waals surface area contributed by atoms with E-state index in [2.05, 4.69) is 4.74 Å². The number of aliphatic hydroxyl groups is 2. The minimum Gasteiger partial charge on any atom is -0.515 e. The van der Waals surface area contributed by atoms with Gasteiger partial charge in [-0.1, -0.05) is 0 Å². The van der Waals surface area contributed by atoms with Crippen molar-refractivity contribution in [1.82, 2.24) is 0 Å². The third-order valence-electron chi connectivity index (χ3n) is 1.21. The Bertz CT molecular complexity index is 151. The monoisotopic (exact) mass is 160 g/mol. The normalized spacial score (nSPS) is 11.3. The maximum absolute atomic E-state index is 10.7. The quantitative estimate of drug-likeness (QED) is 0.354. The van der Waals surface area contributed by atoms with Gasteiger partial charge in [-0.2, -0.15) is 0 Å². The smallest absolute Gasteiger partial charge is 0.336 e. The van der Waals surface area contributed by atoms with Crippen molar-refractivity contribution in [2.75, 3.05) is 13.7 Å². The highest BCUT2D eigenvalue weighted by Gasteiger charge is 2.07. The second kappa shape index (κ2) is 5.73. The Kier molecular flexibility index (Phi) is 5.20. The molecule has 4 nitrogen and oxygen atoms in total. The highest BCUT2D eigenvalue weighted by molar-refractivity contribution is 5.87. The van der Waals surface area contributed by atoms with Crippen LogP contribution in [0.25, 0.3) is 0 Å². The molecule has 0 aliphatic heterocycles. The minimum atomic E-state index is -0.555. The van der Waals surface area contributed by atoms with E-state index < -0.39 is 5.97 Å². The zero-order valence-corrected chi connectivity index (χ0v) is 6.41. The molecule has 0 unspecified atom stereocenters. The molecule has 0 rings (SSSR count). The van der Waals surface area contributed by atoms with E-state index >= 15 is 0 Å². The third-order valence-corrected chi connectivity index (χ3v) is 1.21. The summed E-state index contributed by atoms with van der Waals surface area (Å²) in [5.74, 6) is -0.555. The van der Waals surface area contributed by atoms with Crippen LogP contribution in [0.1, 0.15) is 12.8 Å². The fourth-order valence-electron chi connectivity index (χ4n) is 0.620. The molecular formula is C7H12O4. The van der Waals surface area contributed by atoms with Crippen LogP contribution in [0.3, 0.4) is 0 Å². The van der Waals surface area contributed by atoms with Gasteiger partial charge in [0.15, 0.2) is 0 Å². The summed E-state index contributed by atoms with van der Waals surface area (Å²) in [6.45, 7) is -0.00562. The van der Waals surface area contributed by atoms with E-state index in [4.69, 9.17) is 10.2 Å². The molecule has 0 saturated heterocycles. The van der Waals surface area contributed by atoms with Crippen molar-refractivity contribution in [3.05, 3.63) is 11.8 Å². The number of methoxy groups -OCH3 is 1. The van der Waals surface area contributed by atoms with Gasteiger partial charge in [-0.15, -0.1) is 0 Å². The van der Waals surface area contributed by atoms with Crippen LogP contribution < -0.4 is 0 Å². The molecule has 0 atom stereocenters. The van der Waals surface area contributed by atoms with E-state index in [-0.39, 0.29) is 12.2 Å². The van der Waals surface area contributed by atoms with Crippen molar-refractivity contribution in [2.45, 2.75) is 12.8 Å². The van der Waals surface area contributed by atoms with E-state index in [1.807, 2.05) is 0 Å².